The van der Waals surface area contributed by atoms with Crippen LogP contribution in [0.4, 0.5) is 4.39 Å². The summed E-state index contributed by atoms with van der Waals surface area (Å²) in [5.74, 6) is -0.136. The van der Waals surface area contributed by atoms with Crippen LogP contribution < -0.4 is 10.1 Å². The van der Waals surface area contributed by atoms with E-state index in [1.807, 2.05) is 37.3 Å². The first-order valence-corrected chi connectivity index (χ1v) is 6.86. The van der Waals surface area contributed by atoms with Crippen molar-refractivity contribution in [2.24, 2.45) is 0 Å². The molecule has 0 heterocycles. The van der Waals surface area contributed by atoms with Crippen LogP contribution in [0.1, 0.15) is 24.1 Å². The summed E-state index contributed by atoms with van der Waals surface area (Å²) < 4.78 is 18.8. The Hall–Kier alpha value is -1.58. The van der Waals surface area contributed by atoms with Crippen LogP contribution in [0.5, 0.6) is 5.75 Å². The summed E-state index contributed by atoms with van der Waals surface area (Å²) in [6.45, 7) is 2.76. The molecule has 0 aliphatic rings. The second-order valence-electron chi connectivity index (χ2n) is 4.41. The monoisotopic (exact) mass is 293 g/mol. The average molecular weight is 294 g/mol. The van der Waals surface area contributed by atoms with Crippen LogP contribution in [-0.2, 0) is 0 Å². The second-order valence-corrected chi connectivity index (χ2v) is 4.81. The summed E-state index contributed by atoms with van der Waals surface area (Å²) in [6, 6.07) is 12.4. The van der Waals surface area contributed by atoms with E-state index in [4.69, 9.17) is 16.3 Å². The number of hydrogen-bond donors (Lipinski definition) is 1. The third-order valence-electron chi connectivity index (χ3n) is 3.13. The molecule has 2 rings (SSSR count). The van der Waals surface area contributed by atoms with Crippen molar-refractivity contribution in [3.05, 3.63) is 64.4 Å². The van der Waals surface area contributed by atoms with Crippen molar-refractivity contribution < 1.29 is 9.13 Å². The van der Waals surface area contributed by atoms with E-state index in [9.17, 15) is 4.39 Å². The van der Waals surface area contributed by atoms with E-state index in [2.05, 4.69) is 5.32 Å². The minimum Gasteiger partial charge on any atom is -0.494 e. The van der Waals surface area contributed by atoms with Crippen LogP contribution in [0.2, 0.25) is 5.02 Å². The van der Waals surface area contributed by atoms with E-state index < -0.39 is 0 Å². The Balaban J connectivity index is 2.43. The first-order valence-electron chi connectivity index (χ1n) is 6.48. The van der Waals surface area contributed by atoms with Gasteiger partial charge in [0.25, 0.3) is 0 Å². The van der Waals surface area contributed by atoms with E-state index in [1.54, 1.807) is 6.07 Å². The Morgan fingerprint density at radius 3 is 2.60 bits per heavy atom. The molecule has 2 aromatic carbocycles. The normalized spacial score (nSPS) is 12.2. The molecule has 1 unspecified atom stereocenters. The molecule has 0 aromatic heterocycles. The van der Waals surface area contributed by atoms with Crippen LogP contribution >= 0.6 is 11.6 Å². The van der Waals surface area contributed by atoms with E-state index >= 15 is 0 Å². The Kier molecular flexibility index (Phi) is 4.99. The van der Waals surface area contributed by atoms with Gasteiger partial charge in [-0.15, -0.1) is 0 Å². The minimum absolute atomic E-state index is 0.144. The van der Waals surface area contributed by atoms with Gasteiger partial charge in [-0.2, -0.15) is 0 Å². The van der Waals surface area contributed by atoms with Gasteiger partial charge in [0, 0.05) is 5.02 Å². The lowest BCUT2D eigenvalue weighted by atomic mass is 9.98. The van der Waals surface area contributed by atoms with Crippen molar-refractivity contribution in [3.63, 3.8) is 0 Å². The van der Waals surface area contributed by atoms with E-state index in [0.29, 0.717) is 5.02 Å². The average Bonchev–Trinajstić information content (AvgIpc) is 2.46. The molecule has 0 saturated heterocycles. The van der Waals surface area contributed by atoms with Crippen molar-refractivity contribution in [2.75, 3.05) is 13.7 Å². The molecule has 2 aromatic rings. The van der Waals surface area contributed by atoms with Gasteiger partial charge in [-0.3, -0.25) is 0 Å². The molecule has 4 heteroatoms. The fourth-order valence-electron chi connectivity index (χ4n) is 2.18. The van der Waals surface area contributed by atoms with Crippen molar-refractivity contribution in [1.82, 2.24) is 5.32 Å². The van der Waals surface area contributed by atoms with Crippen LogP contribution in [0.3, 0.4) is 0 Å². The number of benzene rings is 2. The van der Waals surface area contributed by atoms with Crippen LogP contribution in [0, 0.1) is 5.82 Å². The first-order chi connectivity index (χ1) is 9.67. The van der Waals surface area contributed by atoms with Crippen LogP contribution in [0.25, 0.3) is 0 Å². The zero-order chi connectivity index (χ0) is 14.5. The minimum atomic E-state index is -0.375. The van der Waals surface area contributed by atoms with Crippen LogP contribution in [0.15, 0.2) is 42.5 Å². The Labute approximate surface area is 123 Å². The van der Waals surface area contributed by atoms with Crippen LogP contribution in [-0.4, -0.2) is 13.7 Å². The lowest BCUT2D eigenvalue weighted by molar-refractivity contribution is 0.385. The van der Waals surface area contributed by atoms with Gasteiger partial charge in [0.15, 0.2) is 11.6 Å². The maximum absolute atomic E-state index is 13.9. The third kappa shape index (κ3) is 3.11. The highest BCUT2D eigenvalue weighted by Gasteiger charge is 2.17. The van der Waals surface area contributed by atoms with Gasteiger partial charge < -0.3 is 10.1 Å². The number of halogens is 2. The van der Waals surface area contributed by atoms with E-state index in [1.165, 1.54) is 13.2 Å². The molecule has 0 aliphatic carbocycles. The maximum Gasteiger partial charge on any atom is 0.165 e. The van der Waals surface area contributed by atoms with Gasteiger partial charge >= 0.3 is 0 Å². The van der Waals surface area contributed by atoms with Gasteiger partial charge in [-0.1, -0.05) is 42.8 Å². The van der Waals surface area contributed by atoms with E-state index in [0.717, 1.165) is 17.7 Å². The lowest BCUT2D eigenvalue weighted by Gasteiger charge is -2.20. The van der Waals surface area contributed by atoms with Crippen molar-refractivity contribution in [1.29, 1.82) is 0 Å². The quantitative estimate of drug-likeness (QED) is 0.892. The number of nitrogens with one attached hydrogen (secondary N) is 1. The topological polar surface area (TPSA) is 21.3 Å². The van der Waals surface area contributed by atoms with E-state index in [-0.39, 0.29) is 17.6 Å². The summed E-state index contributed by atoms with van der Waals surface area (Å²) in [5, 5.41) is 3.99. The Bertz CT molecular complexity index is 588. The fraction of sp³-hybridized carbons (Fsp3) is 0.250. The molecule has 1 N–H and O–H groups in total. The highest BCUT2D eigenvalue weighted by Crippen LogP contribution is 2.30. The third-order valence-corrected chi connectivity index (χ3v) is 3.48. The second kappa shape index (κ2) is 6.73. The lowest BCUT2D eigenvalue weighted by Crippen LogP contribution is -2.22. The number of hydrogen-bond acceptors (Lipinski definition) is 2. The van der Waals surface area contributed by atoms with Gasteiger partial charge in [0.1, 0.15) is 0 Å². The summed E-state index contributed by atoms with van der Waals surface area (Å²) in [5.41, 5.74) is 1.75. The maximum atomic E-state index is 13.9. The molecule has 0 aliphatic heterocycles. The molecule has 0 spiro atoms. The summed E-state index contributed by atoms with van der Waals surface area (Å²) in [7, 11) is 1.45. The molecule has 0 amide bonds. The van der Waals surface area contributed by atoms with Crippen molar-refractivity contribution in [2.45, 2.75) is 13.0 Å². The molecule has 0 radical (unpaired) electrons. The fourth-order valence-corrected chi connectivity index (χ4v) is 2.43. The molecule has 0 fully saturated rings. The molecule has 2 nitrogen and oxygen atoms in total. The summed E-state index contributed by atoms with van der Waals surface area (Å²) in [6.07, 6.45) is 0. The SMILES string of the molecule is CCNC(c1ccc(OC)c(F)c1)c1ccccc1Cl. The molecule has 20 heavy (non-hydrogen) atoms. The zero-order valence-electron chi connectivity index (χ0n) is 11.5. The highest BCUT2D eigenvalue weighted by atomic mass is 35.5. The Morgan fingerprint density at radius 2 is 2.00 bits per heavy atom. The van der Waals surface area contributed by atoms with Crippen molar-refractivity contribution in [3.8, 4) is 5.75 Å². The number of ether oxygens (including phenoxy) is 1. The molecular weight excluding hydrogens is 277 g/mol. The summed E-state index contributed by atoms with van der Waals surface area (Å²) in [4.78, 5) is 0. The number of rotatable bonds is 5. The zero-order valence-corrected chi connectivity index (χ0v) is 12.2. The smallest absolute Gasteiger partial charge is 0.165 e. The summed E-state index contributed by atoms with van der Waals surface area (Å²) >= 11 is 6.24. The molecular formula is C16H17ClFNO. The molecule has 106 valence electrons. The molecule has 0 bridgehead atoms. The highest BCUT2D eigenvalue weighted by molar-refractivity contribution is 6.31. The predicted molar refractivity (Wildman–Crippen MR) is 79.9 cm³/mol. The van der Waals surface area contributed by atoms with Gasteiger partial charge in [-0.25, -0.2) is 4.39 Å². The number of methoxy groups -OCH3 is 1. The predicted octanol–water partition coefficient (Wildman–Crippen LogP) is 4.19. The van der Waals surface area contributed by atoms with Gasteiger partial charge in [-0.05, 0) is 35.9 Å². The van der Waals surface area contributed by atoms with Gasteiger partial charge in [0.2, 0.25) is 0 Å². The van der Waals surface area contributed by atoms with Crippen molar-refractivity contribution >= 4 is 11.6 Å². The molecule has 1 atom stereocenters. The molecule has 0 saturated carbocycles. The van der Waals surface area contributed by atoms with Gasteiger partial charge in [0.05, 0.1) is 13.2 Å². The largest absolute Gasteiger partial charge is 0.494 e. The first kappa shape index (κ1) is 14.8. The standard InChI is InChI=1S/C16H17ClFNO/c1-3-19-16(12-6-4-5-7-13(12)17)11-8-9-15(20-2)14(18)10-11/h4-10,16,19H,3H2,1-2H3. The Morgan fingerprint density at radius 1 is 1.25 bits per heavy atom.